The van der Waals surface area contributed by atoms with E-state index in [1.165, 1.54) is 26.3 Å². The van der Waals surface area contributed by atoms with Crippen LogP contribution in [0, 0.1) is 69.2 Å². The van der Waals surface area contributed by atoms with Crippen LogP contribution < -0.4 is 0 Å². The molecule has 0 fully saturated rings. The van der Waals surface area contributed by atoms with Crippen molar-refractivity contribution in [2.75, 3.05) is 0 Å². The lowest BCUT2D eigenvalue weighted by atomic mass is 9.90. The first kappa shape index (κ1) is 39.4. The number of nitrogens with zero attached hydrogens (tertiary/aromatic N) is 2. The summed E-state index contributed by atoms with van der Waals surface area (Å²) in [5.41, 5.74) is 12.7. The van der Waals surface area contributed by atoms with E-state index in [0.717, 1.165) is 66.8 Å². The highest BCUT2D eigenvalue weighted by Crippen LogP contribution is 2.38. The summed E-state index contributed by atoms with van der Waals surface area (Å²) in [6.07, 6.45) is 2.92. The topological polar surface area (TPSA) is 99.3 Å². The van der Waals surface area contributed by atoms with E-state index in [1.54, 1.807) is 0 Å². The monoisotopic (exact) mass is 696 g/mol. The number of allylic oxidation sites excluding steroid dienone is 2. The molecule has 0 spiro atoms. The number of aliphatic imine (C=N–C) groups is 2. The molecule has 0 aliphatic heterocycles. The molecule has 52 heavy (non-hydrogen) atoms. The molecule has 0 unspecified atom stereocenters. The lowest BCUT2D eigenvalue weighted by Gasteiger charge is -2.24. The first-order chi connectivity index (χ1) is 24.4. The fraction of sp³-hybridized carbons (Fsp3) is 0.304. The molecule has 0 aliphatic rings. The highest BCUT2D eigenvalue weighted by Gasteiger charge is 2.27. The molecule has 4 aromatic carbocycles. The molecule has 0 aliphatic carbocycles. The van der Waals surface area contributed by atoms with Crippen molar-refractivity contribution in [3.8, 4) is 0 Å². The summed E-state index contributed by atoms with van der Waals surface area (Å²) in [7, 11) is 0. The Morgan fingerprint density at radius 1 is 0.462 bits per heavy atom. The van der Waals surface area contributed by atoms with Gasteiger partial charge < -0.3 is 10.2 Å². The number of hydrogen-bond donors (Lipinski definition) is 2. The van der Waals surface area contributed by atoms with Gasteiger partial charge in [-0.25, -0.2) is 0 Å². The molecule has 0 saturated heterocycles. The van der Waals surface area contributed by atoms with Crippen molar-refractivity contribution in [2.45, 2.75) is 95.2 Å². The third kappa shape index (κ3) is 9.10. The van der Waals surface area contributed by atoms with Crippen LogP contribution in [-0.4, -0.2) is 34.2 Å². The van der Waals surface area contributed by atoms with E-state index in [4.69, 9.17) is 9.98 Å². The summed E-state index contributed by atoms with van der Waals surface area (Å²) >= 11 is 0. The summed E-state index contributed by atoms with van der Waals surface area (Å²) in [6, 6.07) is 18.9. The predicted molar refractivity (Wildman–Crippen MR) is 216 cm³/mol. The van der Waals surface area contributed by atoms with Crippen LogP contribution in [-0.2, 0) is 9.59 Å². The van der Waals surface area contributed by atoms with Crippen molar-refractivity contribution < 1.29 is 19.8 Å². The second-order valence-corrected chi connectivity index (χ2v) is 14.5. The van der Waals surface area contributed by atoms with Gasteiger partial charge in [0.1, 0.15) is 23.6 Å². The van der Waals surface area contributed by atoms with E-state index in [1.807, 2.05) is 118 Å². The van der Waals surface area contributed by atoms with Gasteiger partial charge in [0.2, 0.25) is 0 Å². The molecule has 270 valence electrons. The zero-order valence-electron chi connectivity index (χ0n) is 32.7. The molecule has 4 aromatic rings. The molecule has 0 heterocycles. The quantitative estimate of drug-likeness (QED) is 0.0926. The molecule has 2 atom stereocenters. The van der Waals surface area contributed by atoms with Crippen LogP contribution in [0.25, 0.3) is 11.5 Å². The Balaban J connectivity index is 2.04. The Hall–Kier alpha value is -5.36. The zero-order valence-corrected chi connectivity index (χ0v) is 32.7. The average molecular weight is 697 g/mol. The van der Waals surface area contributed by atoms with Crippen LogP contribution in [0.4, 0.5) is 0 Å². The molecule has 0 amide bonds. The first-order valence-electron chi connectivity index (χ1n) is 17.6. The average Bonchev–Trinajstić information content (AvgIpc) is 2.99. The summed E-state index contributed by atoms with van der Waals surface area (Å²) in [6.45, 7) is 22.6. The van der Waals surface area contributed by atoms with E-state index >= 15 is 0 Å². The van der Waals surface area contributed by atoms with Gasteiger partial charge in [0.25, 0.3) is 0 Å². The van der Waals surface area contributed by atoms with Crippen LogP contribution in [0.2, 0.25) is 0 Å². The van der Waals surface area contributed by atoms with Crippen LogP contribution in [0.15, 0.2) is 81.8 Å². The molecular weight excluding hydrogens is 645 g/mol. The van der Waals surface area contributed by atoms with Crippen molar-refractivity contribution in [2.24, 2.45) is 9.98 Å². The Kier molecular flexibility index (Phi) is 12.4. The third-order valence-electron chi connectivity index (χ3n) is 9.30. The van der Waals surface area contributed by atoms with E-state index in [2.05, 4.69) is 12.1 Å². The summed E-state index contributed by atoms with van der Waals surface area (Å²) in [5.74, 6) is -0.927. The molecule has 4 rings (SSSR count). The van der Waals surface area contributed by atoms with Gasteiger partial charge in [-0.2, -0.15) is 0 Å². The van der Waals surface area contributed by atoms with E-state index in [0.29, 0.717) is 11.1 Å². The number of rotatable bonds is 11. The second-order valence-electron chi connectivity index (χ2n) is 14.5. The number of aliphatic hydroxyl groups excluding tert-OH is 2. The lowest BCUT2D eigenvalue weighted by molar-refractivity contribution is -0.114. The maximum Gasteiger partial charge on any atom is 0.165 e. The molecular formula is C46H52N2O4. The van der Waals surface area contributed by atoms with Gasteiger partial charge >= 0.3 is 0 Å². The minimum atomic E-state index is -0.684. The summed E-state index contributed by atoms with van der Waals surface area (Å²) in [4.78, 5) is 36.6. The fourth-order valence-corrected chi connectivity index (χ4v) is 7.38. The SMILES string of the molecule is CC(=O)C(C=N[C@@H](c1cc(C)cc(C)c1)[C@@H](N=CC(C(C)=O)=C(O)c1c(C)cc(C)cc1C)c1cc(C)cc(C)c1)=C(O)c1c(C)cc(C)cc1C. The smallest absolute Gasteiger partial charge is 0.165 e. The van der Waals surface area contributed by atoms with Gasteiger partial charge in [0.05, 0.1) is 11.1 Å². The third-order valence-corrected chi connectivity index (χ3v) is 9.30. The van der Waals surface area contributed by atoms with Crippen molar-refractivity contribution >= 4 is 35.5 Å². The Morgan fingerprint density at radius 2 is 0.712 bits per heavy atom. The Morgan fingerprint density at radius 3 is 0.962 bits per heavy atom. The second kappa shape index (κ2) is 16.3. The van der Waals surface area contributed by atoms with Gasteiger partial charge in [-0.1, -0.05) is 94.0 Å². The van der Waals surface area contributed by atoms with Gasteiger partial charge in [-0.05, 0) is 116 Å². The van der Waals surface area contributed by atoms with E-state index in [9.17, 15) is 19.8 Å². The molecule has 6 nitrogen and oxygen atoms in total. The number of carbonyl (C=O) groups excluding carboxylic acids is 2. The highest BCUT2D eigenvalue weighted by molar-refractivity contribution is 6.18. The minimum absolute atomic E-state index is 0.0832. The fourth-order valence-electron chi connectivity index (χ4n) is 7.38. The first-order valence-corrected chi connectivity index (χ1v) is 17.6. The van der Waals surface area contributed by atoms with Crippen molar-refractivity contribution in [1.29, 1.82) is 0 Å². The number of aliphatic hydroxyl groups is 2. The number of Topliss-reactive ketones (excluding diaryl/α,β-unsaturated/α-hetero) is 2. The molecule has 0 radical (unpaired) electrons. The Bertz CT molecular complexity index is 1940. The van der Waals surface area contributed by atoms with Gasteiger partial charge in [-0.15, -0.1) is 0 Å². The van der Waals surface area contributed by atoms with Crippen LogP contribution in [0.3, 0.4) is 0 Å². The predicted octanol–water partition coefficient (Wildman–Crippen LogP) is 10.8. The largest absolute Gasteiger partial charge is 0.506 e. The lowest BCUT2D eigenvalue weighted by Crippen LogP contribution is -2.13. The van der Waals surface area contributed by atoms with Crippen molar-refractivity contribution in [3.05, 3.63) is 150 Å². The summed E-state index contributed by atoms with van der Waals surface area (Å²) in [5, 5.41) is 23.3. The molecule has 2 N–H and O–H groups in total. The molecule has 0 saturated carbocycles. The molecule has 0 aromatic heterocycles. The van der Waals surface area contributed by atoms with Crippen molar-refractivity contribution in [3.63, 3.8) is 0 Å². The van der Waals surface area contributed by atoms with E-state index < -0.39 is 12.1 Å². The number of ketones is 2. The van der Waals surface area contributed by atoms with Crippen LogP contribution in [0.1, 0.15) is 104 Å². The highest BCUT2D eigenvalue weighted by atomic mass is 16.3. The standard InChI is InChI=1S/C46H52N2O4/c1-25-13-26(2)20-37(19-25)43(47-23-39(35(11)49)45(51)41-31(7)15-29(5)16-32(41)8)44(38-21-27(3)14-28(4)22-38)48-24-40(36(12)50)46(52)42-33(9)17-30(6)18-34(42)10/h13-24,43-44,51-52H,1-12H3/t43-,44-/m0/s1. The maximum absolute atomic E-state index is 13.2. The summed E-state index contributed by atoms with van der Waals surface area (Å²) < 4.78 is 0. The Labute approximate surface area is 309 Å². The number of aryl methyl sites for hydroxylation is 10. The van der Waals surface area contributed by atoms with Crippen molar-refractivity contribution in [1.82, 2.24) is 0 Å². The number of hydrogen-bond acceptors (Lipinski definition) is 6. The molecule has 0 bridgehead atoms. The zero-order chi connectivity index (χ0) is 38.6. The van der Waals surface area contributed by atoms with Gasteiger partial charge in [0.15, 0.2) is 11.6 Å². The number of benzene rings is 4. The van der Waals surface area contributed by atoms with Crippen LogP contribution in [0.5, 0.6) is 0 Å². The number of carbonyl (C=O) groups is 2. The van der Waals surface area contributed by atoms with Gasteiger partial charge in [-0.3, -0.25) is 19.6 Å². The molecule has 6 heteroatoms. The van der Waals surface area contributed by atoms with E-state index in [-0.39, 0.29) is 34.2 Å². The van der Waals surface area contributed by atoms with Gasteiger partial charge in [0, 0.05) is 23.6 Å². The maximum atomic E-state index is 13.2. The minimum Gasteiger partial charge on any atom is -0.506 e. The normalized spacial score (nSPS) is 14.0. The van der Waals surface area contributed by atoms with Crippen LogP contribution >= 0.6 is 0 Å².